The summed E-state index contributed by atoms with van der Waals surface area (Å²) < 4.78 is 0. The smallest absolute Gasteiger partial charge is 0.220 e. The third-order valence-electron chi connectivity index (χ3n) is 2.36. The highest BCUT2D eigenvalue weighted by Gasteiger charge is 2.00. The number of hydrogen-bond acceptors (Lipinski definition) is 2. The van der Waals surface area contributed by atoms with Crippen LogP contribution in [0.5, 0.6) is 0 Å². The Bertz CT molecular complexity index is 349. The van der Waals surface area contributed by atoms with Crippen LogP contribution in [0, 0.1) is 13.8 Å². The maximum atomic E-state index is 11.0. The van der Waals surface area contributed by atoms with Crippen molar-refractivity contribution in [3.05, 3.63) is 29.3 Å². The highest BCUT2D eigenvalue weighted by atomic mass is 32.2. The summed E-state index contributed by atoms with van der Waals surface area (Å²) >= 11 is 1.73. The van der Waals surface area contributed by atoms with Gasteiger partial charge in [0.15, 0.2) is 0 Å². The van der Waals surface area contributed by atoms with Gasteiger partial charge in [-0.25, -0.2) is 0 Å². The van der Waals surface area contributed by atoms with Gasteiger partial charge in [0.25, 0.3) is 0 Å². The molecule has 0 spiro atoms. The number of benzene rings is 1. The molecule has 0 aliphatic rings. The molecule has 0 saturated carbocycles. The van der Waals surface area contributed by atoms with Gasteiger partial charge in [-0.15, -0.1) is 11.8 Å². The average Bonchev–Trinajstić information content (AvgIpc) is 2.23. The first-order valence-electron chi connectivity index (χ1n) is 5.04. The van der Waals surface area contributed by atoms with E-state index in [-0.39, 0.29) is 5.91 Å². The van der Waals surface area contributed by atoms with E-state index in [2.05, 4.69) is 37.4 Å². The molecular weight excluding hydrogens is 206 g/mol. The molecule has 1 aromatic carbocycles. The zero-order valence-electron chi connectivity index (χ0n) is 9.46. The Morgan fingerprint density at radius 1 is 1.33 bits per heavy atom. The molecule has 82 valence electrons. The SMILES string of the molecule is CNC(=O)CCSc1ccc(C)c(C)c1. The Morgan fingerprint density at radius 3 is 2.67 bits per heavy atom. The van der Waals surface area contributed by atoms with E-state index < -0.39 is 0 Å². The van der Waals surface area contributed by atoms with E-state index in [1.807, 2.05) is 0 Å². The van der Waals surface area contributed by atoms with E-state index in [9.17, 15) is 4.79 Å². The van der Waals surface area contributed by atoms with Gasteiger partial charge in [0.1, 0.15) is 0 Å². The number of hydrogen-bond donors (Lipinski definition) is 1. The average molecular weight is 223 g/mol. The second kappa shape index (κ2) is 5.81. The Balaban J connectivity index is 2.44. The molecule has 0 aromatic heterocycles. The maximum absolute atomic E-state index is 11.0. The van der Waals surface area contributed by atoms with Gasteiger partial charge in [-0.2, -0.15) is 0 Å². The molecule has 0 saturated heterocycles. The summed E-state index contributed by atoms with van der Waals surface area (Å²) in [4.78, 5) is 12.2. The van der Waals surface area contributed by atoms with E-state index >= 15 is 0 Å². The van der Waals surface area contributed by atoms with Gasteiger partial charge in [0, 0.05) is 24.1 Å². The molecule has 0 fully saturated rings. The van der Waals surface area contributed by atoms with E-state index in [4.69, 9.17) is 0 Å². The fourth-order valence-electron chi connectivity index (χ4n) is 1.19. The Hall–Kier alpha value is -0.960. The van der Waals surface area contributed by atoms with Crippen LogP contribution in [0.2, 0.25) is 0 Å². The van der Waals surface area contributed by atoms with Crippen molar-refractivity contribution >= 4 is 17.7 Å². The van der Waals surface area contributed by atoms with Crippen molar-refractivity contribution < 1.29 is 4.79 Å². The number of nitrogens with one attached hydrogen (secondary N) is 1. The quantitative estimate of drug-likeness (QED) is 0.795. The van der Waals surface area contributed by atoms with Crippen LogP contribution < -0.4 is 5.32 Å². The largest absolute Gasteiger partial charge is 0.359 e. The molecule has 2 nitrogen and oxygen atoms in total. The fraction of sp³-hybridized carbons (Fsp3) is 0.417. The molecule has 0 aliphatic heterocycles. The molecule has 0 aliphatic carbocycles. The van der Waals surface area contributed by atoms with Gasteiger partial charge in [-0.1, -0.05) is 6.07 Å². The summed E-state index contributed by atoms with van der Waals surface area (Å²) in [5.74, 6) is 0.939. The second-order valence-electron chi connectivity index (χ2n) is 3.52. The predicted molar refractivity (Wildman–Crippen MR) is 65.3 cm³/mol. The summed E-state index contributed by atoms with van der Waals surface area (Å²) in [6, 6.07) is 6.40. The molecule has 1 aromatic rings. The first-order chi connectivity index (χ1) is 7.13. The lowest BCUT2D eigenvalue weighted by atomic mass is 10.1. The third-order valence-corrected chi connectivity index (χ3v) is 3.35. The van der Waals surface area contributed by atoms with Crippen molar-refractivity contribution in [1.82, 2.24) is 5.32 Å². The first kappa shape index (κ1) is 12.1. The van der Waals surface area contributed by atoms with Crippen LogP contribution >= 0.6 is 11.8 Å². The number of carbonyl (C=O) groups is 1. The second-order valence-corrected chi connectivity index (χ2v) is 4.69. The van der Waals surface area contributed by atoms with Gasteiger partial charge in [-0.3, -0.25) is 4.79 Å². The van der Waals surface area contributed by atoms with E-state index in [0.29, 0.717) is 6.42 Å². The summed E-state index contributed by atoms with van der Waals surface area (Å²) in [6.07, 6.45) is 0.577. The summed E-state index contributed by atoms with van der Waals surface area (Å²) in [5, 5.41) is 2.62. The Morgan fingerprint density at radius 2 is 2.07 bits per heavy atom. The van der Waals surface area contributed by atoms with Crippen molar-refractivity contribution in [2.24, 2.45) is 0 Å². The lowest BCUT2D eigenvalue weighted by Gasteiger charge is -2.04. The van der Waals surface area contributed by atoms with Gasteiger partial charge in [0.05, 0.1) is 0 Å². The van der Waals surface area contributed by atoms with Crippen molar-refractivity contribution in [2.45, 2.75) is 25.2 Å². The monoisotopic (exact) mass is 223 g/mol. The highest BCUT2D eigenvalue weighted by molar-refractivity contribution is 7.99. The van der Waals surface area contributed by atoms with Crippen LogP contribution in [-0.4, -0.2) is 18.7 Å². The minimum absolute atomic E-state index is 0.103. The maximum Gasteiger partial charge on any atom is 0.220 e. The van der Waals surface area contributed by atoms with Gasteiger partial charge in [0.2, 0.25) is 5.91 Å². The molecule has 0 atom stereocenters. The van der Waals surface area contributed by atoms with Crippen molar-refractivity contribution in [1.29, 1.82) is 0 Å². The zero-order valence-corrected chi connectivity index (χ0v) is 10.3. The lowest BCUT2D eigenvalue weighted by molar-refractivity contribution is -0.120. The molecule has 0 bridgehead atoms. The summed E-state index contributed by atoms with van der Waals surface area (Å²) in [6.45, 7) is 4.21. The number of thioether (sulfide) groups is 1. The Labute approximate surface area is 95.5 Å². The standard InChI is InChI=1S/C12H17NOS/c1-9-4-5-11(8-10(9)2)15-7-6-12(14)13-3/h4-5,8H,6-7H2,1-3H3,(H,13,14). The fourth-order valence-corrected chi connectivity index (χ4v) is 2.14. The molecule has 15 heavy (non-hydrogen) atoms. The van der Waals surface area contributed by atoms with Crippen LogP contribution in [0.3, 0.4) is 0 Å². The molecular formula is C12H17NOS. The summed E-state index contributed by atoms with van der Waals surface area (Å²) in [5.41, 5.74) is 2.62. The molecule has 3 heteroatoms. The first-order valence-corrected chi connectivity index (χ1v) is 6.02. The number of rotatable bonds is 4. The van der Waals surface area contributed by atoms with Crippen molar-refractivity contribution in [3.63, 3.8) is 0 Å². The van der Waals surface area contributed by atoms with Crippen molar-refractivity contribution in [3.8, 4) is 0 Å². The number of aryl methyl sites for hydroxylation is 2. The lowest BCUT2D eigenvalue weighted by Crippen LogP contribution is -2.17. The summed E-state index contributed by atoms with van der Waals surface area (Å²) in [7, 11) is 1.67. The third kappa shape index (κ3) is 3.96. The van der Waals surface area contributed by atoms with Gasteiger partial charge in [-0.05, 0) is 37.1 Å². The van der Waals surface area contributed by atoms with Gasteiger partial charge < -0.3 is 5.32 Å². The number of amides is 1. The highest BCUT2D eigenvalue weighted by Crippen LogP contribution is 2.21. The van der Waals surface area contributed by atoms with Crippen LogP contribution in [0.1, 0.15) is 17.5 Å². The van der Waals surface area contributed by atoms with E-state index in [1.165, 1.54) is 16.0 Å². The molecule has 1 N–H and O–H groups in total. The molecule has 0 unspecified atom stereocenters. The molecule has 1 amide bonds. The molecule has 0 radical (unpaired) electrons. The topological polar surface area (TPSA) is 29.1 Å². The van der Waals surface area contributed by atoms with Crippen LogP contribution in [0.25, 0.3) is 0 Å². The predicted octanol–water partition coefficient (Wildman–Crippen LogP) is 2.53. The van der Waals surface area contributed by atoms with Crippen LogP contribution in [0.15, 0.2) is 23.1 Å². The number of carbonyl (C=O) groups excluding carboxylic acids is 1. The van der Waals surface area contributed by atoms with Crippen LogP contribution in [0.4, 0.5) is 0 Å². The van der Waals surface area contributed by atoms with E-state index in [1.54, 1.807) is 18.8 Å². The normalized spacial score (nSPS) is 10.1. The van der Waals surface area contributed by atoms with Crippen LogP contribution in [-0.2, 0) is 4.79 Å². The molecule has 0 heterocycles. The van der Waals surface area contributed by atoms with Gasteiger partial charge >= 0.3 is 0 Å². The zero-order chi connectivity index (χ0) is 11.3. The van der Waals surface area contributed by atoms with E-state index in [0.717, 1.165) is 5.75 Å². The Kier molecular flexibility index (Phi) is 4.69. The minimum atomic E-state index is 0.103. The molecule has 1 rings (SSSR count). The minimum Gasteiger partial charge on any atom is -0.359 e. The van der Waals surface area contributed by atoms with Crippen molar-refractivity contribution in [2.75, 3.05) is 12.8 Å².